The fraction of sp³-hybridized carbons (Fsp3) is 0.385. The van der Waals surface area contributed by atoms with Crippen molar-refractivity contribution in [3.05, 3.63) is 65.7 Å². The van der Waals surface area contributed by atoms with Gasteiger partial charge in [0.2, 0.25) is 5.91 Å². The number of piperazine rings is 1. The lowest BCUT2D eigenvalue weighted by Crippen LogP contribution is -2.50. The van der Waals surface area contributed by atoms with E-state index in [2.05, 4.69) is 44.6 Å². The molecule has 2 aromatic heterocycles. The van der Waals surface area contributed by atoms with Crippen molar-refractivity contribution in [3.8, 4) is 5.69 Å². The van der Waals surface area contributed by atoms with E-state index in [0.717, 1.165) is 34.3 Å². The first-order chi connectivity index (χ1) is 18.4. The lowest BCUT2D eigenvalue weighted by molar-refractivity contribution is -0.119. The van der Waals surface area contributed by atoms with Gasteiger partial charge in [0, 0.05) is 57.6 Å². The summed E-state index contributed by atoms with van der Waals surface area (Å²) in [4.78, 5) is 15.7. The van der Waals surface area contributed by atoms with Crippen LogP contribution in [0.15, 0.2) is 53.8 Å². The zero-order valence-corrected chi connectivity index (χ0v) is 22.1. The van der Waals surface area contributed by atoms with Gasteiger partial charge in [0.25, 0.3) is 0 Å². The first-order valence-electron chi connectivity index (χ1n) is 12.6. The minimum absolute atomic E-state index is 0.0290. The maximum Gasteiger partial charge on any atom is 0.220 e. The monoisotopic (exact) mass is 536 g/mol. The maximum absolute atomic E-state index is 13.5. The van der Waals surface area contributed by atoms with Crippen LogP contribution >= 0.6 is 0 Å². The molecule has 0 saturated carbocycles. The highest BCUT2D eigenvalue weighted by Gasteiger charge is 2.35. The van der Waals surface area contributed by atoms with Crippen LogP contribution in [0.4, 0.5) is 4.39 Å². The number of aryl methyl sites for hydroxylation is 2. The van der Waals surface area contributed by atoms with Gasteiger partial charge in [-0.3, -0.25) is 9.69 Å². The van der Waals surface area contributed by atoms with Gasteiger partial charge in [-0.1, -0.05) is 0 Å². The normalized spacial score (nSPS) is 21.7. The smallest absolute Gasteiger partial charge is 0.220 e. The van der Waals surface area contributed by atoms with Crippen LogP contribution in [0.25, 0.3) is 16.6 Å². The van der Waals surface area contributed by atoms with E-state index in [1.807, 2.05) is 15.2 Å². The predicted octanol–water partition coefficient (Wildman–Crippen LogP) is 2.12. The molecule has 2 aliphatic heterocycles. The summed E-state index contributed by atoms with van der Waals surface area (Å²) in [5, 5.41) is 17.3. The Kier molecular flexibility index (Phi) is 6.54. The Morgan fingerprint density at radius 2 is 1.95 bits per heavy atom. The highest BCUT2D eigenvalue weighted by atomic mass is 32.2. The van der Waals surface area contributed by atoms with Crippen LogP contribution in [0, 0.1) is 18.7 Å². The second-order valence-corrected chi connectivity index (χ2v) is 11.4. The van der Waals surface area contributed by atoms with Crippen molar-refractivity contribution < 1.29 is 13.4 Å². The standard InChI is InChI=1S/C26H29FN8O2S/c1-17-9-23-19(13-30-35(23)21-5-3-20(27)4-6-21)11-22(17)24-16-34(38(37)26-14-29-32(2)31-26)8-7-33(24)15-18-10-25(36)28-12-18/h3-6,9,11,13-14,18,24H,7-8,10,12,15-16H2,1-2H3,(H,28,36). The quantitative estimate of drug-likeness (QED) is 0.405. The number of hydrogen-bond acceptors (Lipinski definition) is 6. The molecule has 12 heteroatoms. The van der Waals surface area contributed by atoms with Gasteiger partial charge < -0.3 is 5.32 Å². The summed E-state index contributed by atoms with van der Waals surface area (Å²) in [6, 6.07) is 10.5. The molecule has 1 N–H and O–H groups in total. The molecule has 0 bridgehead atoms. The Hall–Kier alpha value is -3.48. The Balaban J connectivity index is 1.34. The number of rotatable bonds is 6. The van der Waals surface area contributed by atoms with E-state index in [4.69, 9.17) is 0 Å². The van der Waals surface area contributed by atoms with E-state index in [1.165, 1.54) is 16.9 Å². The molecule has 3 unspecified atom stereocenters. The topological polar surface area (TPSA) is 101 Å². The van der Waals surface area contributed by atoms with E-state index in [-0.39, 0.29) is 23.7 Å². The summed E-state index contributed by atoms with van der Waals surface area (Å²) in [6.45, 7) is 5.43. The number of hydrogen-bond donors (Lipinski definition) is 1. The summed E-state index contributed by atoms with van der Waals surface area (Å²) in [5.41, 5.74) is 3.95. The van der Waals surface area contributed by atoms with E-state index >= 15 is 0 Å². The maximum atomic E-state index is 13.5. The van der Waals surface area contributed by atoms with Crippen molar-refractivity contribution in [2.24, 2.45) is 13.0 Å². The molecule has 2 aliphatic rings. The van der Waals surface area contributed by atoms with Crippen LogP contribution in [0.1, 0.15) is 23.6 Å². The second-order valence-electron chi connectivity index (χ2n) is 9.99. The second kappa shape index (κ2) is 10.0. The number of nitrogens with zero attached hydrogens (tertiary/aromatic N) is 7. The Morgan fingerprint density at radius 1 is 1.13 bits per heavy atom. The third-order valence-electron chi connectivity index (χ3n) is 7.39. The molecule has 10 nitrogen and oxygen atoms in total. The third-order valence-corrected chi connectivity index (χ3v) is 8.73. The van der Waals surface area contributed by atoms with Crippen LogP contribution in [0.3, 0.4) is 0 Å². The number of nitrogens with one attached hydrogen (secondary N) is 1. The molecular formula is C26H29FN8O2S. The lowest BCUT2D eigenvalue weighted by Gasteiger charge is -2.42. The molecule has 2 saturated heterocycles. The van der Waals surface area contributed by atoms with Crippen LogP contribution < -0.4 is 5.32 Å². The molecular weight excluding hydrogens is 507 g/mol. The average Bonchev–Trinajstić information content (AvgIpc) is 3.64. The van der Waals surface area contributed by atoms with Gasteiger partial charge in [0.15, 0.2) is 5.03 Å². The molecule has 2 aromatic carbocycles. The van der Waals surface area contributed by atoms with Crippen LogP contribution in [-0.4, -0.2) is 76.8 Å². The van der Waals surface area contributed by atoms with Gasteiger partial charge in [-0.2, -0.15) is 15.0 Å². The molecule has 0 radical (unpaired) electrons. The van der Waals surface area contributed by atoms with E-state index in [0.29, 0.717) is 37.6 Å². The number of benzene rings is 2. The Bertz CT molecular complexity index is 1520. The lowest BCUT2D eigenvalue weighted by atomic mass is 9.95. The third kappa shape index (κ3) is 4.74. The number of carbonyl (C=O) groups is 1. The zero-order chi connectivity index (χ0) is 26.4. The number of halogens is 1. The molecule has 3 atom stereocenters. The molecule has 6 rings (SSSR count). The van der Waals surface area contributed by atoms with E-state index < -0.39 is 11.0 Å². The molecule has 38 heavy (non-hydrogen) atoms. The first-order valence-corrected chi connectivity index (χ1v) is 13.7. The minimum Gasteiger partial charge on any atom is -0.356 e. The predicted molar refractivity (Wildman–Crippen MR) is 140 cm³/mol. The van der Waals surface area contributed by atoms with E-state index in [1.54, 1.807) is 25.4 Å². The summed E-state index contributed by atoms with van der Waals surface area (Å²) < 4.78 is 30.6. The molecule has 0 aliphatic carbocycles. The minimum atomic E-state index is -1.43. The fourth-order valence-electron chi connectivity index (χ4n) is 5.47. The zero-order valence-electron chi connectivity index (χ0n) is 21.2. The number of aromatic nitrogens is 5. The highest BCUT2D eigenvalue weighted by molar-refractivity contribution is 7.82. The average molecular weight is 537 g/mol. The van der Waals surface area contributed by atoms with Gasteiger partial charge in [-0.25, -0.2) is 17.6 Å². The fourth-order valence-corrected chi connectivity index (χ4v) is 6.58. The number of amides is 1. The molecule has 198 valence electrons. The number of fused-ring (bicyclic) bond motifs is 1. The van der Waals surface area contributed by atoms with Gasteiger partial charge in [-0.15, -0.1) is 5.10 Å². The van der Waals surface area contributed by atoms with Crippen molar-refractivity contribution >= 4 is 27.8 Å². The van der Waals surface area contributed by atoms with Crippen LogP contribution in [-0.2, 0) is 22.8 Å². The van der Waals surface area contributed by atoms with Gasteiger partial charge in [0.05, 0.1) is 23.6 Å². The van der Waals surface area contributed by atoms with Crippen molar-refractivity contribution in [1.82, 2.24) is 39.3 Å². The van der Waals surface area contributed by atoms with Crippen molar-refractivity contribution in [2.75, 3.05) is 32.7 Å². The molecule has 4 heterocycles. The van der Waals surface area contributed by atoms with Crippen molar-refractivity contribution in [1.29, 1.82) is 0 Å². The highest BCUT2D eigenvalue weighted by Crippen LogP contribution is 2.33. The summed E-state index contributed by atoms with van der Waals surface area (Å²) >= 11 is 0. The first kappa shape index (κ1) is 24.8. The Labute approximate surface area is 222 Å². The van der Waals surface area contributed by atoms with Gasteiger partial charge in [0.1, 0.15) is 16.8 Å². The molecule has 2 fully saturated rings. The number of carbonyl (C=O) groups excluding carboxylic acids is 1. The summed E-state index contributed by atoms with van der Waals surface area (Å²) in [6.07, 6.45) is 3.90. The van der Waals surface area contributed by atoms with Gasteiger partial charge >= 0.3 is 0 Å². The largest absolute Gasteiger partial charge is 0.356 e. The molecule has 0 spiro atoms. The van der Waals surface area contributed by atoms with Crippen LogP contribution in [0.2, 0.25) is 0 Å². The van der Waals surface area contributed by atoms with Crippen LogP contribution in [0.5, 0.6) is 0 Å². The van der Waals surface area contributed by atoms with E-state index in [9.17, 15) is 13.4 Å². The SMILES string of the molecule is Cc1cc2c(cnn2-c2ccc(F)cc2)cc1C1CN(S(=O)c2cnn(C)n2)CCN1CC1CNC(=O)C1. The summed E-state index contributed by atoms with van der Waals surface area (Å²) in [5.74, 6) is 0.0516. The Morgan fingerprint density at radius 3 is 2.66 bits per heavy atom. The molecule has 4 aromatic rings. The van der Waals surface area contributed by atoms with Crippen molar-refractivity contribution in [3.63, 3.8) is 0 Å². The molecule has 1 amide bonds. The van der Waals surface area contributed by atoms with Gasteiger partial charge in [-0.05, 0) is 60.4 Å². The summed E-state index contributed by atoms with van der Waals surface area (Å²) in [7, 11) is 0.285. The van der Waals surface area contributed by atoms with Crippen molar-refractivity contribution in [2.45, 2.75) is 24.4 Å².